The molecule has 10 nitrogen and oxygen atoms in total. The maximum atomic E-state index is 12.6. The summed E-state index contributed by atoms with van der Waals surface area (Å²) < 4.78 is 21.4. The minimum absolute atomic E-state index is 0.0214. The van der Waals surface area contributed by atoms with Crippen molar-refractivity contribution in [3.63, 3.8) is 0 Å². The molecular formula is C19H21N3O7. The highest BCUT2D eigenvalue weighted by Crippen LogP contribution is 2.42. The number of H-pyrrole nitrogens is 2. The van der Waals surface area contributed by atoms with Crippen molar-refractivity contribution >= 4 is 5.97 Å². The minimum atomic E-state index is -0.956. The molecule has 2 heterocycles. The number of benzene rings is 1. The van der Waals surface area contributed by atoms with Gasteiger partial charge in [-0.05, 0) is 31.5 Å². The second-order valence-corrected chi connectivity index (χ2v) is 6.03. The number of aromatic nitrogens is 2. The van der Waals surface area contributed by atoms with Crippen LogP contribution in [-0.2, 0) is 9.53 Å². The number of carbonyl (C=O) groups excluding carboxylic acids is 1. The molecule has 154 valence electrons. The van der Waals surface area contributed by atoms with Crippen LogP contribution in [0.15, 0.2) is 39.2 Å². The average Bonchev–Trinajstić information content (AvgIpc) is 2.67. The fourth-order valence-corrected chi connectivity index (χ4v) is 3.17. The van der Waals surface area contributed by atoms with Crippen molar-refractivity contribution in [3.8, 4) is 17.4 Å². The van der Waals surface area contributed by atoms with Gasteiger partial charge in [-0.2, -0.15) is 0 Å². The van der Waals surface area contributed by atoms with Crippen LogP contribution in [0.25, 0.3) is 0 Å². The van der Waals surface area contributed by atoms with Crippen LogP contribution >= 0.6 is 0 Å². The molecule has 29 heavy (non-hydrogen) atoms. The number of rotatable bonds is 6. The van der Waals surface area contributed by atoms with Crippen molar-refractivity contribution in [2.24, 2.45) is 5.73 Å². The average molecular weight is 403 g/mol. The summed E-state index contributed by atoms with van der Waals surface area (Å²) in [6.45, 7) is 4.01. The predicted octanol–water partition coefficient (Wildman–Crippen LogP) is 0.728. The Kier molecular flexibility index (Phi) is 5.62. The van der Waals surface area contributed by atoms with Crippen LogP contribution < -0.4 is 31.2 Å². The van der Waals surface area contributed by atoms with Crippen LogP contribution in [0.3, 0.4) is 0 Å². The second kappa shape index (κ2) is 8.13. The molecule has 4 N–H and O–H groups in total. The van der Waals surface area contributed by atoms with E-state index in [0.29, 0.717) is 23.7 Å². The lowest BCUT2D eigenvalue weighted by molar-refractivity contribution is -0.139. The quantitative estimate of drug-likeness (QED) is 0.598. The number of carbonyl (C=O) groups is 1. The Balaban J connectivity index is 2.26. The maximum Gasteiger partial charge on any atom is 0.340 e. The van der Waals surface area contributed by atoms with Gasteiger partial charge in [0.05, 0.1) is 31.8 Å². The standard InChI is InChI=1S/C19H21N3O7/c1-4-27-10-7-6-9(8-11(10)26-3)12-13(18(24)28-5-2)15(20)29-17-14(12)16(23)21-19(25)22-17/h6-8,12H,4-5,20H2,1-3H3,(H2,21,22,23,25)/t12-/m1/s1. The maximum absolute atomic E-state index is 12.6. The van der Waals surface area contributed by atoms with Gasteiger partial charge in [-0.3, -0.25) is 14.8 Å². The molecule has 10 heteroatoms. The minimum Gasteiger partial charge on any atom is -0.493 e. The molecule has 0 bridgehead atoms. The van der Waals surface area contributed by atoms with Crippen LogP contribution in [0.1, 0.15) is 30.9 Å². The summed E-state index contributed by atoms with van der Waals surface area (Å²) in [4.78, 5) is 41.4. The lowest BCUT2D eigenvalue weighted by Gasteiger charge is -2.27. The summed E-state index contributed by atoms with van der Waals surface area (Å²) in [6, 6.07) is 4.96. The molecule has 1 aliphatic rings. The van der Waals surface area contributed by atoms with Gasteiger partial charge in [0.15, 0.2) is 11.5 Å². The van der Waals surface area contributed by atoms with E-state index >= 15 is 0 Å². The molecule has 0 radical (unpaired) electrons. The van der Waals surface area contributed by atoms with Gasteiger partial charge in [-0.1, -0.05) is 6.07 Å². The molecule has 0 saturated heterocycles. The summed E-state index contributed by atoms with van der Waals surface area (Å²) in [5, 5.41) is 0. The first-order valence-electron chi connectivity index (χ1n) is 8.93. The van der Waals surface area contributed by atoms with Crippen molar-refractivity contribution in [2.45, 2.75) is 19.8 Å². The normalized spacial score (nSPS) is 15.3. The van der Waals surface area contributed by atoms with E-state index in [2.05, 4.69) is 9.97 Å². The Bertz CT molecular complexity index is 1080. The van der Waals surface area contributed by atoms with E-state index in [-0.39, 0.29) is 29.5 Å². The Morgan fingerprint density at radius 3 is 2.59 bits per heavy atom. The van der Waals surface area contributed by atoms with E-state index in [1.54, 1.807) is 25.1 Å². The van der Waals surface area contributed by atoms with Gasteiger partial charge in [-0.15, -0.1) is 0 Å². The number of aromatic amines is 2. The van der Waals surface area contributed by atoms with Gasteiger partial charge in [0.25, 0.3) is 5.56 Å². The number of nitrogens with one attached hydrogen (secondary N) is 2. The largest absolute Gasteiger partial charge is 0.493 e. The number of methoxy groups -OCH3 is 1. The fourth-order valence-electron chi connectivity index (χ4n) is 3.17. The van der Waals surface area contributed by atoms with Crippen LogP contribution in [0.2, 0.25) is 0 Å². The Morgan fingerprint density at radius 1 is 1.17 bits per heavy atom. The van der Waals surface area contributed by atoms with Crippen LogP contribution in [0.4, 0.5) is 0 Å². The van der Waals surface area contributed by atoms with Gasteiger partial charge in [-0.25, -0.2) is 9.59 Å². The van der Waals surface area contributed by atoms with Crippen molar-refractivity contribution in [2.75, 3.05) is 20.3 Å². The summed E-state index contributed by atoms with van der Waals surface area (Å²) in [5.74, 6) is -1.20. The lowest BCUT2D eigenvalue weighted by Crippen LogP contribution is -2.35. The highest BCUT2D eigenvalue weighted by atomic mass is 16.5. The number of ether oxygens (including phenoxy) is 4. The Hall–Kier alpha value is -3.69. The highest BCUT2D eigenvalue weighted by molar-refractivity contribution is 5.92. The smallest absolute Gasteiger partial charge is 0.340 e. The third-order valence-electron chi connectivity index (χ3n) is 4.31. The zero-order chi connectivity index (χ0) is 21.1. The molecule has 0 unspecified atom stereocenters. The van der Waals surface area contributed by atoms with Crippen molar-refractivity contribution < 1.29 is 23.7 Å². The van der Waals surface area contributed by atoms with E-state index in [1.165, 1.54) is 7.11 Å². The number of hydrogen-bond acceptors (Lipinski definition) is 8. The molecule has 1 aromatic carbocycles. The predicted molar refractivity (Wildman–Crippen MR) is 102 cm³/mol. The molecule has 1 atom stereocenters. The van der Waals surface area contributed by atoms with Gasteiger partial charge in [0, 0.05) is 0 Å². The Labute approximate surface area is 165 Å². The first-order chi connectivity index (χ1) is 13.9. The first-order valence-corrected chi connectivity index (χ1v) is 8.93. The van der Waals surface area contributed by atoms with Gasteiger partial charge < -0.3 is 24.7 Å². The fraction of sp³-hybridized carbons (Fsp3) is 0.316. The number of nitrogens with two attached hydrogens (primary N) is 1. The summed E-state index contributed by atoms with van der Waals surface area (Å²) in [6.07, 6.45) is 0. The molecule has 0 aliphatic carbocycles. The van der Waals surface area contributed by atoms with E-state index in [0.717, 1.165) is 0 Å². The Morgan fingerprint density at radius 2 is 1.93 bits per heavy atom. The summed E-state index contributed by atoms with van der Waals surface area (Å²) in [5.41, 5.74) is 4.96. The molecule has 0 fully saturated rings. The number of fused-ring (bicyclic) bond motifs is 1. The first kappa shape index (κ1) is 20.1. The van der Waals surface area contributed by atoms with E-state index in [9.17, 15) is 14.4 Å². The number of hydrogen-bond donors (Lipinski definition) is 3. The molecule has 0 amide bonds. The SMILES string of the molecule is CCOC(=O)C1=C(N)Oc2[nH]c(=O)[nH]c(=O)c2[C@@H]1c1ccc(OCC)c(OC)c1. The third-order valence-corrected chi connectivity index (χ3v) is 4.31. The molecule has 1 aliphatic heterocycles. The van der Waals surface area contributed by atoms with E-state index < -0.39 is 23.1 Å². The molecule has 2 aromatic rings. The summed E-state index contributed by atoms with van der Waals surface area (Å²) >= 11 is 0. The van der Waals surface area contributed by atoms with E-state index in [1.807, 2.05) is 6.92 Å². The zero-order valence-corrected chi connectivity index (χ0v) is 16.2. The zero-order valence-electron chi connectivity index (χ0n) is 16.2. The highest BCUT2D eigenvalue weighted by Gasteiger charge is 2.38. The lowest BCUT2D eigenvalue weighted by atomic mass is 9.84. The molecule has 1 aromatic heterocycles. The molecule has 0 saturated carbocycles. The van der Waals surface area contributed by atoms with Gasteiger partial charge in [0.2, 0.25) is 11.8 Å². The third kappa shape index (κ3) is 3.68. The van der Waals surface area contributed by atoms with Crippen LogP contribution in [0.5, 0.6) is 17.4 Å². The van der Waals surface area contributed by atoms with E-state index in [4.69, 9.17) is 24.7 Å². The molecular weight excluding hydrogens is 382 g/mol. The van der Waals surface area contributed by atoms with Crippen molar-refractivity contribution in [3.05, 3.63) is 61.6 Å². The van der Waals surface area contributed by atoms with Crippen molar-refractivity contribution in [1.29, 1.82) is 0 Å². The molecule has 0 spiro atoms. The van der Waals surface area contributed by atoms with Crippen molar-refractivity contribution in [1.82, 2.24) is 9.97 Å². The number of esters is 1. The van der Waals surface area contributed by atoms with Crippen LogP contribution in [-0.4, -0.2) is 36.3 Å². The van der Waals surface area contributed by atoms with Gasteiger partial charge >= 0.3 is 11.7 Å². The molecule has 3 rings (SSSR count). The van der Waals surface area contributed by atoms with Gasteiger partial charge in [0.1, 0.15) is 5.57 Å². The topological polar surface area (TPSA) is 146 Å². The second-order valence-electron chi connectivity index (χ2n) is 6.03. The monoisotopic (exact) mass is 403 g/mol. The summed E-state index contributed by atoms with van der Waals surface area (Å²) in [7, 11) is 1.47. The van der Waals surface area contributed by atoms with Crippen LogP contribution in [0, 0.1) is 0 Å².